The highest BCUT2D eigenvalue weighted by Crippen LogP contribution is 2.48. The van der Waals surface area contributed by atoms with Gasteiger partial charge in [-0.2, -0.15) is 0 Å². The third-order valence-electron chi connectivity index (χ3n) is 28.6. The van der Waals surface area contributed by atoms with Crippen LogP contribution in [0.5, 0.6) is 34.5 Å². The Morgan fingerprint density at radius 3 is 1.09 bits per heavy atom. The van der Waals surface area contributed by atoms with E-state index in [9.17, 15) is 28.4 Å². The molecule has 16 aromatic rings. The number of rotatable bonds is 19. The van der Waals surface area contributed by atoms with Crippen LogP contribution < -0.4 is 28.4 Å². The van der Waals surface area contributed by atoms with Gasteiger partial charge in [0.15, 0.2) is 11.8 Å². The molecule has 31 heteroatoms. The van der Waals surface area contributed by atoms with E-state index < -0.39 is 24.9 Å². The van der Waals surface area contributed by atoms with Crippen molar-refractivity contribution >= 4 is 125 Å². The fourth-order valence-electron chi connectivity index (χ4n) is 21.3. The Hall–Kier alpha value is -15.6. The molecule has 5 aromatic heterocycles. The lowest BCUT2D eigenvalue weighted by Crippen LogP contribution is -2.42. The lowest BCUT2D eigenvalue weighted by atomic mass is 9.92. The van der Waals surface area contributed by atoms with Gasteiger partial charge >= 0.3 is 30.5 Å². The quantitative estimate of drug-likeness (QED) is 0.0249. The Kier molecular flexibility index (Phi) is 32.9. The number of carbonyl (C=O) groups excluding carboxylic acids is 5. The number of hydrogen-bond donors (Lipinski definition) is 6. The molecule has 22 rings (SSSR count). The van der Waals surface area contributed by atoms with Gasteiger partial charge in [0, 0.05) is 145 Å². The molecule has 150 heavy (non-hydrogen) atoms. The minimum Gasteiger partial charge on any atom is -0.497 e. The summed E-state index contributed by atoms with van der Waals surface area (Å²) in [6.07, 6.45) is 2.75. The molecule has 6 aliphatic rings. The van der Waals surface area contributed by atoms with Crippen molar-refractivity contribution in [1.29, 1.82) is 5.41 Å². The van der Waals surface area contributed by atoms with Gasteiger partial charge in [-0.1, -0.05) is 174 Å². The van der Waals surface area contributed by atoms with E-state index in [1.807, 2.05) is 151 Å². The number of aryl methyl sites for hydroxylation is 4. The topological polar surface area (TPSA) is 300 Å². The summed E-state index contributed by atoms with van der Waals surface area (Å²) in [7, 11) is 8.02. The third kappa shape index (κ3) is 22.1. The maximum Gasteiger partial charge on any atom is 0.416 e. The molecule has 6 N–H and O–H groups in total. The lowest BCUT2D eigenvalue weighted by Gasteiger charge is -2.35. The number of benzene rings is 11. The van der Waals surface area contributed by atoms with Crippen molar-refractivity contribution in [3.05, 3.63) is 353 Å². The number of methoxy groups -OCH3 is 5. The van der Waals surface area contributed by atoms with Gasteiger partial charge in [0.25, 0.3) is 0 Å². The van der Waals surface area contributed by atoms with Crippen molar-refractivity contribution < 1.29 is 75.7 Å². The fourth-order valence-corrected chi connectivity index (χ4v) is 22.4. The van der Waals surface area contributed by atoms with E-state index in [2.05, 4.69) is 142 Å². The summed E-state index contributed by atoms with van der Waals surface area (Å²) in [5.41, 5.74) is 26.6. The molecule has 5 amide bonds. The van der Waals surface area contributed by atoms with Crippen LogP contribution in [0.1, 0.15) is 157 Å². The number of aromatic nitrogens is 5. The second-order valence-electron chi connectivity index (χ2n) is 37.3. The first kappa shape index (κ1) is 104. The minimum atomic E-state index is -0.718. The number of nitrogens with one attached hydrogen (secondary N) is 6. The number of amides is 5. The van der Waals surface area contributed by atoms with Crippen molar-refractivity contribution in [2.45, 2.75) is 110 Å². The van der Waals surface area contributed by atoms with Crippen molar-refractivity contribution in [3.8, 4) is 46.3 Å². The summed E-state index contributed by atoms with van der Waals surface area (Å²) >= 11 is 13.8. The number of amidine groups is 1. The number of alkyl halides is 1. The molecular formula is C119H121Cl2FN12O15S. The van der Waals surface area contributed by atoms with Crippen LogP contribution >= 0.6 is 35.0 Å². The van der Waals surface area contributed by atoms with Crippen LogP contribution in [-0.2, 0) is 51.1 Å². The standard InChI is InChI=1S/C26H28ClFN4O3S.C26H23ClN2O3.C24H24N2O3.C22H24N2O3.C21H22N2O3/c27-18-4-7-22-21(16-18)20-8-11-32(26(33)35-14-9-28)24(23(20)30-22)17-2-5-19(6-3-17)34-13-1-10-31-12-15-36-25(31)29;1-16-4-3-5-21-22-14-15-29(26(30)32-20-12-8-18(27)9-13-20)25(24(22)28-23(16)21)17-6-10-19(31-2)11-7-17;1-4-5-15-29-24(27)26-14-13-20-19-8-6-7-16(2)21(19)25-22(20)23(26)17-9-11-18(28-3)12-10-17;1-4-27-22(25)24-13-12-18-17-7-5-6-14(2)19(17)23-20(18)21(24)15-8-10-16(26-3)11-9-15;1-13-5-4-6-16-17-11-12-23(21(24)26-3)20(19(17)22-18(13)16)14-7-9-15(25-2)10-8-14/h2-7,16,24,29-30H,1,8-15H2;3-13,25,28H,14-15H2,1-2H3;6-12,23,25H,13-15H2,1-3H3;5-11,21,23H,4,12-13H2,1-3H3;4-10,20,22H,11-12H2,1-3H3. The first-order valence-corrected chi connectivity index (χ1v) is 52.0. The molecule has 0 spiro atoms. The van der Waals surface area contributed by atoms with Crippen LogP contribution in [0, 0.1) is 44.9 Å². The zero-order chi connectivity index (χ0) is 105. The number of hydrogen-bond acceptors (Lipinski definition) is 17. The van der Waals surface area contributed by atoms with Crippen LogP contribution in [0.3, 0.4) is 0 Å². The van der Waals surface area contributed by atoms with Gasteiger partial charge in [0.2, 0.25) is 0 Å². The summed E-state index contributed by atoms with van der Waals surface area (Å²) in [6, 6.07) is 75.7. The molecule has 11 aromatic carbocycles. The maximum absolute atomic E-state index is 13.3. The van der Waals surface area contributed by atoms with Gasteiger partial charge in [0.1, 0.15) is 78.0 Å². The Labute approximate surface area is 884 Å². The van der Waals surface area contributed by atoms with Crippen LogP contribution in [-0.4, -0.2) is 210 Å². The van der Waals surface area contributed by atoms with Gasteiger partial charge in [0.05, 0.1) is 48.8 Å². The van der Waals surface area contributed by atoms with Crippen molar-refractivity contribution in [2.75, 3.05) is 120 Å². The van der Waals surface area contributed by atoms with Crippen LogP contribution in [0.4, 0.5) is 28.4 Å². The van der Waals surface area contributed by atoms with E-state index in [1.165, 1.54) is 73.2 Å². The highest BCUT2D eigenvalue weighted by atomic mass is 35.5. The Morgan fingerprint density at radius 1 is 0.393 bits per heavy atom. The maximum atomic E-state index is 13.3. The van der Waals surface area contributed by atoms with E-state index in [-0.39, 0.29) is 55.7 Å². The van der Waals surface area contributed by atoms with Gasteiger partial charge in [-0.15, -0.1) is 5.92 Å². The molecule has 5 unspecified atom stereocenters. The molecule has 0 bridgehead atoms. The van der Waals surface area contributed by atoms with Gasteiger partial charge in [-0.25, -0.2) is 28.4 Å². The first-order valence-electron chi connectivity index (χ1n) is 50.3. The van der Waals surface area contributed by atoms with E-state index in [0.717, 1.165) is 175 Å². The summed E-state index contributed by atoms with van der Waals surface area (Å²) < 4.78 is 66.5. The summed E-state index contributed by atoms with van der Waals surface area (Å²) in [5.74, 6) is 10.9. The molecule has 0 radical (unpaired) electrons. The highest BCUT2D eigenvalue weighted by molar-refractivity contribution is 8.14. The van der Waals surface area contributed by atoms with Crippen molar-refractivity contribution in [1.82, 2.24) is 54.3 Å². The average molecular weight is 2080 g/mol. The SMILES string of the molecule is CC#CCOC(=O)N1CCc2c([nH]c3c(C)cccc23)C1c1ccc(OC)cc1.CCOC(=O)N1CCc2c([nH]c3c(C)cccc23)C1c1ccc(OC)cc1.COC(=O)N1CCc2c([nH]c3c(C)cccc23)C1c1ccc(OC)cc1.COc1ccc(C2c3[nH]c4c(C)cccc4c3CCN2C(=O)Oc2ccc(Cl)cc2)cc1.N=C1SCCN1CCCOc1ccc(C2c3[nH]c4ccc(Cl)cc4c3CCN2C(=O)OCCF)cc1. The van der Waals surface area contributed by atoms with Crippen LogP contribution in [0.2, 0.25) is 10.0 Å². The van der Waals surface area contributed by atoms with E-state index in [4.69, 9.17) is 76.0 Å². The molecule has 1 saturated heterocycles. The predicted octanol–water partition coefficient (Wildman–Crippen LogP) is 25.3. The predicted molar refractivity (Wildman–Crippen MR) is 586 cm³/mol. The minimum absolute atomic E-state index is 0.0971. The Morgan fingerprint density at radius 2 is 0.733 bits per heavy atom. The molecule has 0 saturated carbocycles. The normalized spacial score (nSPS) is 16.3. The summed E-state index contributed by atoms with van der Waals surface area (Å²) in [4.78, 5) is 92.9. The number of ether oxygens (including phenoxy) is 10. The lowest BCUT2D eigenvalue weighted by molar-refractivity contribution is 0.0836. The summed E-state index contributed by atoms with van der Waals surface area (Å²) in [5, 5.41) is 15.7. The highest BCUT2D eigenvalue weighted by Gasteiger charge is 2.43. The smallest absolute Gasteiger partial charge is 0.416 e. The second-order valence-corrected chi connectivity index (χ2v) is 39.2. The Bertz CT molecular complexity index is 7650. The number of fused-ring (bicyclic) bond motifs is 15. The molecule has 27 nitrogen and oxygen atoms in total. The zero-order valence-corrected chi connectivity index (χ0v) is 88.0. The molecule has 1 fully saturated rings. The molecule has 774 valence electrons. The molecule has 6 aliphatic heterocycles. The number of halogens is 3. The average Bonchev–Trinajstić information content (AvgIpc) is 1.59. The number of nitrogens with zero attached hydrogens (tertiary/aromatic N) is 6. The van der Waals surface area contributed by atoms with Gasteiger partial charge in [-0.05, 0) is 261 Å². The van der Waals surface area contributed by atoms with Crippen molar-refractivity contribution in [3.63, 3.8) is 0 Å². The molecule has 5 atom stereocenters. The van der Waals surface area contributed by atoms with Gasteiger partial charge in [-0.3, -0.25) is 29.9 Å². The molecule has 0 aliphatic carbocycles. The van der Waals surface area contributed by atoms with Crippen molar-refractivity contribution in [2.24, 2.45) is 0 Å². The van der Waals surface area contributed by atoms with Gasteiger partial charge < -0.3 is 77.2 Å². The molecule has 11 heterocycles. The third-order valence-corrected chi connectivity index (χ3v) is 30.0. The largest absolute Gasteiger partial charge is 0.497 e. The fraction of sp³-hybridized carbons (Fsp3) is 0.294. The number of aromatic amines is 5. The number of para-hydroxylation sites is 4. The monoisotopic (exact) mass is 2080 g/mol. The van der Waals surface area contributed by atoms with Crippen LogP contribution in [0.25, 0.3) is 54.5 Å². The second kappa shape index (κ2) is 47.3. The number of thioether (sulfide) groups is 1. The van der Waals surface area contributed by atoms with E-state index in [1.54, 1.807) is 91.0 Å². The molecular weight excluding hydrogens is 1960 g/mol. The summed E-state index contributed by atoms with van der Waals surface area (Å²) in [6.45, 7) is 16.6. The first-order chi connectivity index (χ1) is 73.0. The number of carbonyl (C=O) groups is 5. The number of H-pyrrole nitrogens is 5. The zero-order valence-electron chi connectivity index (χ0n) is 85.7. The van der Waals surface area contributed by atoms with E-state index >= 15 is 0 Å². The Balaban J connectivity index is 0.000000123. The van der Waals surface area contributed by atoms with Crippen LogP contribution in [0.15, 0.2) is 237 Å². The van der Waals surface area contributed by atoms with E-state index in [0.29, 0.717) is 73.3 Å².